The molecule has 4 aromatic rings. The number of nitrogens with one attached hydrogen (secondary N) is 2. The molecule has 1 unspecified atom stereocenters. The van der Waals surface area contributed by atoms with Crippen molar-refractivity contribution in [2.45, 2.75) is 75.5 Å². The third kappa shape index (κ3) is 7.82. The highest BCUT2D eigenvalue weighted by Crippen LogP contribution is 2.42. The Morgan fingerprint density at radius 1 is 1.07 bits per heavy atom. The van der Waals surface area contributed by atoms with Gasteiger partial charge in [0.2, 0.25) is 17.7 Å². The summed E-state index contributed by atoms with van der Waals surface area (Å²) in [6.07, 6.45) is 5.38. The number of ether oxygens (including phenoxy) is 2. The number of halogens is 3. The Morgan fingerprint density at radius 3 is 2.57 bits per heavy atom. The monoisotopic (exact) mass is 857 g/mol. The summed E-state index contributed by atoms with van der Waals surface area (Å²) in [4.78, 5) is 59.5. The van der Waals surface area contributed by atoms with Crippen LogP contribution in [0.5, 0.6) is 11.5 Å². The lowest BCUT2D eigenvalue weighted by Gasteiger charge is -2.40. The second-order valence-electron chi connectivity index (χ2n) is 15.7. The van der Waals surface area contributed by atoms with E-state index < -0.39 is 23.4 Å². The van der Waals surface area contributed by atoms with Crippen molar-refractivity contribution in [3.63, 3.8) is 0 Å². The Hall–Kier alpha value is -5.24. The van der Waals surface area contributed by atoms with Crippen LogP contribution >= 0.6 is 15.9 Å². The number of benzene rings is 3. The van der Waals surface area contributed by atoms with Crippen molar-refractivity contribution in [3.05, 3.63) is 91.9 Å². The van der Waals surface area contributed by atoms with Crippen LogP contribution in [0.2, 0.25) is 0 Å². The van der Waals surface area contributed by atoms with E-state index in [0.29, 0.717) is 98.1 Å². The summed E-state index contributed by atoms with van der Waals surface area (Å²) < 4.78 is 44.1. The summed E-state index contributed by atoms with van der Waals surface area (Å²) in [7, 11) is 0. The van der Waals surface area contributed by atoms with Gasteiger partial charge < -0.3 is 19.7 Å². The topological polar surface area (TPSA) is 159 Å². The number of aryl methyl sites for hydroxylation is 1. The molecular formula is C42H42BrF2N7O6. The smallest absolute Gasteiger partial charge is 0.262 e. The molecule has 5 heterocycles. The Labute approximate surface area is 341 Å². The first-order valence-corrected chi connectivity index (χ1v) is 20.3. The van der Waals surface area contributed by atoms with Gasteiger partial charge in [0.1, 0.15) is 29.2 Å². The average Bonchev–Trinajstić information content (AvgIpc) is 3.61. The predicted octanol–water partition coefficient (Wildman–Crippen LogP) is 5.83. The van der Waals surface area contributed by atoms with Crippen LogP contribution in [0.1, 0.15) is 73.6 Å². The molecule has 0 bridgehead atoms. The summed E-state index contributed by atoms with van der Waals surface area (Å²) in [5.74, 6) is -1.73. The number of fused-ring (bicyclic) bond motifs is 1. The van der Waals surface area contributed by atoms with E-state index in [1.807, 2.05) is 11.0 Å². The summed E-state index contributed by atoms with van der Waals surface area (Å²) in [6, 6.07) is 12.0. The number of carbonyl (C=O) groups is 3. The van der Waals surface area contributed by atoms with Crippen LogP contribution in [0.4, 0.5) is 14.5 Å². The van der Waals surface area contributed by atoms with Gasteiger partial charge in [-0.25, -0.2) is 13.8 Å². The zero-order chi connectivity index (χ0) is 40.7. The fourth-order valence-electron chi connectivity index (χ4n) is 8.69. The summed E-state index contributed by atoms with van der Waals surface area (Å²) in [6.45, 7) is 4.67. The van der Waals surface area contributed by atoms with Crippen LogP contribution in [0.15, 0.2) is 58.1 Å². The fourth-order valence-corrected chi connectivity index (χ4v) is 9.28. The summed E-state index contributed by atoms with van der Waals surface area (Å²) in [5, 5.41) is 15.2. The molecule has 13 nitrogen and oxygen atoms in total. The molecule has 58 heavy (non-hydrogen) atoms. The van der Waals surface area contributed by atoms with Crippen LogP contribution in [-0.4, -0.2) is 88.0 Å². The molecule has 8 rings (SSSR count). The number of hydrogen-bond donors (Lipinski definition) is 2. The Bertz CT molecular complexity index is 2400. The van der Waals surface area contributed by atoms with E-state index in [1.54, 1.807) is 35.8 Å². The molecule has 16 heteroatoms. The molecule has 2 atom stereocenters. The van der Waals surface area contributed by atoms with Crippen LogP contribution in [-0.2, 0) is 19.1 Å². The highest BCUT2D eigenvalue weighted by molar-refractivity contribution is 9.10. The quantitative estimate of drug-likeness (QED) is 0.207. The minimum absolute atomic E-state index is 0.0148. The number of piperidine rings is 3. The molecular weight excluding hydrogens is 816 g/mol. The lowest BCUT2D eigenvalue weighted by atomic mass is 9.87. The molecule has 1 aromatic heterocycles. The summed E-state index contributed by atoms with van der Waals surface area (Å²) in [5.41, 5.74) is 1.37. The Kier molecular flexibility index (Phi) is 11.0. The molecule has 0 saturated carbocycles. The van der Waals surface area contributed by atoms with Gasteiger partial charge in [-0.1, -0.05) is 12.1 Å². The molecule has 4 saturated heterocycles. The SMILES string of the molecule is Cc1ccc(F)c(Oc2ccc3ncn([C@@H]4COC5(CCN(C(=O)CN6CCC(c7ccc(NC8CCC(=O)NC8=O)cc7F)CC6)CC5)C4)c(=O)c3c2Br)c1C#N. The molecule has 3 amide bonds. The standard InChI is InChI=1S/C42H42BrF2N7O6/c1-24-2-5-30(44)39(29(24)20-46)58-34-8-6-32-37(38(34)43)41(56)52(23-47-32)27-19-42(57-22-27)12-16-51(17-13-42)36(54)21-50-14-10-25(11-15-50)28-4-3-26(18-31(28)45)48-33-7-9-35(53)49-40(33)55/h2-6,8,18,23,25,27,33,48H,7,9-17,19,21-22H2,1H3,(H,49,53,55)/t27-,33?/m0/s1. The molecule has 4 aliphatic rings. The first-order valence-electron chi connectivity index (χ1n) is 19.5. The second-order valence-corrected chi connectivity index (χ2v) is 16.5. The number of imide groups is 1. The van der Waals surface area contributed by atoms with Gasteiger partial charge in [-0.3, -0.25) is 34.0 Å². The lowest BCUT2D eigenvalue weighted by Crippen LogP contribution is -2.50. The molecule has 0 aliphatic carbocycles. The zero-order valence-electron chi connectivity index (χ0n) is 31.9. The first-order chi connectivity index (χ1) is 27.9. The van der Waals surface area contributed by atoms with Gasteiger partial charge in [-0.05, 0) is 122 Å². The van der Waals surface area contributed by atoms with Crippen molar-refractivity contribution >= 4 is 50.2 Å². The third-order valence-electron chi connectivity index (χ3n) is 12.1. The van der Waals surface area contributed by atoms with E-state index >= 15 is 4.39 Å². The van der Waals surface area contributed by atoms with Gasteiger partial charge in [0.15, 0.2) is 11.6 Å². The van der Waals surface area contributed by atoms with E-state index in [0.717, 1.165) is 0 Å². The number of anilines is 1. The Morgan fingerprint density at radius 2 is 1.84 bits per heavy atom. The van der Waals surface area contributed by atoms with E-state index in [9.17, 15) is 28.8 Å². The van der Waals surface area contributed by atoms with Crippen molar-refractivity contribution in [1.29, 1.82) is 5.26 Å². The summed E-state index contributed by atoms with van der Waals surface area (Å²) >= 11 is 3.49. The molecule has 4 aliphatic heterocycles. The maximum absolute atomic E-state index is 15.2. The van der Waals surface area contributed by atoms with Gasteiger partial charge in [-0.2, -0.15) is 5.26 Å². The maximum atomic E-state index is 15.2. The zero-order valence-corrected chi connectivity index (χ0v) is 33.4. The van der Waals surface area contributed by atoms with E-state index in [4.69, 9.17) is 9.47 Å². The molecule has 2 N–H and O–H groups in total. The van der Waals surface area contributed by atoms with Gasteiger partial charge >= 0.3 is 0 Å². The number of likely N-dealkylation sites (tertiary alicyclic amines) is 2. The van der Waals surface area contributed by atoms with Gasteiger partial charge in [0.25, 0.3) is 5.56 Å². The number of hydrogen-bond acceptors (Lipinski definition) is 10. The highest BCUT2D eigenvalue weighted by Gasteiger charge is 2.44. The minimum Gasteiger partial charge on any atom is -0.452 e. The number of amides is 3. The third-order valence-corrected chi connectivity index (χ3v) is 12.9. The normalized spacial score (nSPS) is 21.3. The number of nitriles is 1. The van der Waals surface area contributed by atoms with Crippen LogP contribution in [0.25, 0.3) is 10.9 Å². The molecule has 3 aromatic carbocycles. The first kappa shape index (κ1) is 39.6. The number of nitrogens with zero attached hydrogens (tertiary/aromatic N) is 5. The van der Waals surface area contributed by atoms with Gasteiger partial charge in [0, 0.05) is 25.2 Å². The van der Waals surface area contributed by atoms with Crippen molar-refractivity contribution in [2.24, 2.45) is 0 Å². The van der Waals surface area contributed by atoms with Crippen molar-refractivity contribution in [1.82, 2.24) is 24.7 Å². The number of carbonyl (C=O) groups excluding carboxylic acids is 3. The predicted molar refractivity (Wildman–Crippen MR) is 212 cm³/mol. The molecule has 302 valence electrons. The van der Waals surface area contributed by atoms with Gasteiger partial charge in [0.05, 0.1) is 46.5 Å². The van der Waals surface area contributed by atoms with Crippen molar-refractivity contribution < 1.29 is 32.6 Å². The number of aromatic nitrogens is 2. The largest absolute Gasteiger partial charge is 0.452 e. The second kappa shape index (κ2) is 16.2. The molecule has 1 spiro atoms. The van der Waals surface area contributed by atoms with E-state index in [-0.39, 0.29) is 70.6 Å². The maximum Gasteiger partial charge on any atom is 0.262 e. The fraction of sp³-hybridized carbons (Fsp3) is 0.429. The van der Waals surface area contributed by atoms with Crippen molar-refractivity contribution in [3.8, 4) is 17.6 Å². The molecule has 0 radical (unpaired) electrons. The molecule has 4 fully saturated rings. The van der Waals surface area contributed by atoms with Crippen LogP contribution < -0.4 is 20.9 Å². The van der Waals surface area contributed by atoms with Crippen LogP contribution in [0.3, 0.4) is 0 Å². The average molecular weight is 859 g/mol. The Balaban J connectivity index is 0.844. The van der Waals surface area contributed by atoms with E-state index in [2.05, 4.69) is 36.4 Å². The lowest BCUT2D eigenvalue weighted by molar-refractivity contribution is -0.137. The van der Waals surface area contributed by atoms with Gasteiger partial charge in [-0.15, -0.1) is 0 Å². The van der Waals surface area contributed by atoms with E-state index in [1.165, 1.54) is 24.5 Å². The van der Waals surface area contributed by atoms with Crippen LogP contribution in [0, 0.1) is 29.9 Å². The number of rotatable bonds is 8. The highest BCUT2D eigenvalue weighted by atomic mass is 79.9. The minimum atomic E-state index is -0.694. The van der Waals surface area contributed by atoms with Crippen molar-refractivity contribution in [2.75, 3.05) is 44.6 Å².